The molecule has 0 bridgehead atoms. The van der Waals surface area contributed by atoms with Crippen molar-refractivity contribution in [1.82, 2.24) is 9.97 Å². The molecule has 2 N–H and O–H groups in total. The fraction of sp³-hybridized carbons (Fsp3) is 0.643. The van der Waals surface area contributed by atoms with Gasteiger partial charge in [0.15, 0.2) is 0 Å². The highest BCUT2D eigenvalue weighted by Gasteiger charge is 2.10. The van der Waals surface area contributed by atoms with Crippen LogP contribution in [0.15, 0.2) is 6.07 Å². The van der Waals surface area contributed by atoms with Crippen molar-refractivity contribution in [1.29, 1.82) is 0 Å². The van der Waals surface area contributed by atoms with Crippen molar-refractivity contribution in [3.8, 4) is 0 Å². The summed E-state index contributed by atoms with van der Waals surface area (Å²) in [5, 5.41) is 11.9. The van der Waals surface area contributed by atoms with Crippen LogP contribution >= 0.6 is 0 Å². The average molecular weight is 265 g/mol. The molecule has 0 aliphatic rings. The monoisotopic (exact) mass is 265 g/mol. The maximum Gasteiger partial charge on any atom is 0.306 e. The van der Waals surface area contributed by atoms with Crippen LogP contribution in [0.5, 0.6) is 0 Å². The lowest BCUT2D eigenvalue weighted by atomic mass is 10.1. The van der Waals surface area contributed by atoms with Crippen LogP contribution < -0.4 is 5.32 Å². The van der Waals surface area contributed by atoms with Gasteiger partial charge in [-0.25, -0.2) is 9.97 Å². The first kappa shape index (κ1) is 15.4. The molecule has 0 spiro atoms. The maximum absolute atomic E-state index is 10.7. The van der Waals surface area contributed by atoms with E-state index in [1.165, 1.54) is 0 Å². The van der Waals surface area contributed by atoms with Crippen LogP contribution in [0.4, 0.5) is 5.95 Å². The van der Waals surface area contributed by atoms with Crippen molar-refractivity contribution in [3.05, 3.63) is 17.5 Å². The highest BCUT2D eigenvalue weighted by atomic mass is 16.4. The molecule has 0 aliphatic heterocycles. The minimum Gasteiger partial charge on any atom is -0.481 e. The molecule has 1 heterocycles. The Bertz CT molecular complexity index is 433. The molecule has 1 rings (SSSR count). The summed E-state index contributed by atoms with van der Waals surface area (Å²) in [6.07, 6.45) is 1.45. The molecule has 0 aliphatic carbocycles. The van der Waals surface area contributed by atoms with Gasteiger partial charge in [-0.15, -0.1) is 0 Å². The number of nitrogens with zero attached hydrogens (tertiary/aromatic N) is 2. The molecular formula is C14H23N3O2. The predicted octanol–water partition coefficient (Wildman–Crippen LogP) is 2.82. The Morgan fingerprint density at radius 2 is 2.05 bits per heavy atom. The Morgan fingerprint density at radius 3 is 2.63 bits per heavy atom. The molecule has 0 fully saturated rings. The summed E-state index contributed by atoms with van der Waals surface area (Å²) >= 11 is 0. The Morgan fingerprint density at radius 1 is 1.37 bits per heavy atom. The van der Waals surface area contributed by atoms with Crippen LogP contribution in [-0.2, 0) is 4.79 Å². The Labute approximate surface area is 114 Å². The minimum atomic E-state index is -0.742. The highest BCUT2D eigenvalue weighted by Crippen LogP contribution is 2.14. The van der Waals surface area contributed by atoms with Gasteiger partial charge in [0.2, 0.25) is 5.95 Å². The van der Waals surface area contributed by atoms with Gasteiger partial charge in [-0.2, -0.15) is 0 Å². The van der Waals surface area contributed by atoms with Crippen LogP contribution in [0.1, 0.15) is 50.9 Å². The molecule has 0 saturated heterocycles. The fourth-order valence-electron chi connectivity index (χ4n) is 1.70. The summed E-state index contributed by atoms with van der Waals surface area (Å²) in [6, 6.07) is 1.99. The number of aromatic nitrogens is 2. The second-order valence-corrected chi connectivity index (χ2v) is 5.22. The van der Waals surface area contributed by atoms with E-state index in [1.54, 1.807) is 6.92 Å². The predicted molar refractivity (Wildman–Crippen MR) is 75.4 cm³/mol. The molecule has 106 valence electrons. The molecule has 1 aromatic heterocycles. The van der Waals surface area contributed by atoms with Gasteiger partial charge >= 0.3 is 5.97 Å². The number of aliphatic carboxylic acids is 1. The van der Waals surface area contributed by atoms with E-state index in [-0.39, 0.29) is 5.92 Å². The number of carbonyl (C=O) groups is 1. The van der Waals surface area contributed by atoms with E-state index in [4.69, 9.17) is 5.11 Å². The van der Waals surface area contributed by atoms with E-state index in [0.717, 1.165) is 17.8 Å². The van der Waals surface area contributed by atoms with E-state index in [2.05, 4.69) is 29.1 Å². The second kappa shape index (κ2) is 7.07. The zero-order chi connectivity index (χ0) is 14.4. The molecule has 1 atom stereocenters. The zero-order valence-electron chi connectivity index (χ0n) is 12.1. The van der Waals surface area contributed by atoms with Crippen molar-refractivity contribution >= 4 is 11.9 Å². The lowest BCUT2D eigenvalue weighted by Gasteiger charge is -2.10. The molecule has 0 radical (unpaired) electrons. The van der Waals surface area contributed by atoms with Gasteiger partial charge in [-0.05, 0) is 31.7 Å². The quantitative estimate of drug-likeness (QED) is 0.741. The van der Waals surface area contributed by atoms with Crippen molar-refractivity contribution in [2.45, 2.75) is 46.5 Å². The zero-order valence-corrected chi connectivity index (χ0v) is 12.1. The summed E-state index contributed by atoms with van der Waals surface area (Å²) in [5.74, 6) is -0.0405. The molecule has 0 aromatic carbocycles. The number of hydrogen-bond acceptors (Lipinski definition) is 4. The first-order valence-corrected chi connectivity index (χ1v) is 6.72. The number of nitrogens with one attached hydrogen (secondary N) is 1. The standard InChI is InChI=1S/C14H23N3O2/c1-9(2)12-8-11(4)16-14(17-12)15-7-5-6-10(3)13(18)19/h8-10H,5-7H2,1-4H3,(H,18,19)(H,15,16,17). The Hall–Kier alpha value is -1.65. The third kappa shape index (κ3) is 5.24. The normalized spacial score (nSPS) is 12.5. The van der Waals surface area contributed by atoms with Gasteiger partial charge in [0.25, 0.3) is 0 Å². The van der Waals surface area contributed by atoms with E-state index in [1.807, 2.05) is 13.0 Å². The Balaban J connectivity index is 2.47. The fourth-order valence-corrected chi connectivity index (χ4v) is 1.70. The number of carboxylic acids is 1. The molecule has 5 heteroatoms. The lowest BCUT2D eigenvalue weighted by Crippen LogP contribution is -2.13. The van der Waals surface area contributed by atoms with Gasteiger partial charge in [-0.3, -0.25) is 4.79 Å². The van der Waals surface area contributed by atoms with Crippen LogP contribution in [0.2, 0.25) is 0 Å². The van der Waals surface area contributed by atoms with Crippen LogP contribution in [0, 0.1) is 12.8 Å². The minimum absolute atomic E-state index is 0.300. The van der Waals surface area contributed by atoms with Crippen LogP contribution in [0.3, 0.4) is 0 Å². The number of aryl methyl sites for hydroxylation is 1. The van der Waals surface area contributed by atoms with Crippen molar-refractivity contribution in [3.63, 3.8) is 0 Å². The number of hydrogen-bond donors (Lipinski definition) is 2. The van der Waals surface area contributed by atoms with Gasteiger partial charge < -0.3 is 10.4 Å². The first-order valence-electron chi connectivity index (χ1n) is 6.72. The summed E-state index contributed by atoms with van der Waals surface area (Å²) < 4.78 is 0. The Kier molecular flexibility index (Phi) is 5.73. The molecular weight excluding hydrogens is 242 g/mol. The second-order valence-electron chi connectivity index (χ2n) is 5.22. The van der Waals surface area contributed by atoms with Gasteiger partial charge in [0.05, 0.1) is 5.92 Å². The molecule has 5 nitrogen and oxygen atoms in total. The van der Waals surface area contributed by atoms with Crippen LogP contribution in [0.25, 0.3) is 0 Å². The first-order chi connectivity index (χ1) is 8.90. The maximum atomic E-state index is 10.7. The van der Waals surface area contributed by atoms with Crippen molar-refractivity contribution in [2.24, 2.45) is 5.92 Å². The average Bonchev–Trinajstić information content (AvgIpc) is 2.33. The van der Waals surface area contributed by atoms with Gasteiger partial charge in [0, 0.05) is 17.9 Å². The number of rotatable bonds is 7. The largest absolute Gasteiger partial charge is 0.481 e. The van der Waals surface area contributed by atoms with Gasteiger partial charge in [-0.1, -0.05) is 20.8 Å². The summed E-state index contributed by atoms with van der Waals surface area (Å²) in [7, 11) is 0. The lowest BCUT2D eigenvalue weighted by molar-refractivity contribution is -0.141. The highest BCUT2D eigenvalue weighted by molar-refractivity contribution is 5.69. The SMILES string of the molecule is Cc1cc(C(C)C)nc(NCCCC(C)C(=O)O)n1. The van der Waals surface area contributed by atoms with Gasteiger partial charge in [0.1, 0.15) is 0 Å². The smallest absolute Gasteiger partial charge is 0.306 e. The van der Waals surface area contributed by atoms with E-state index < -0.39 is 5.97 Å². The molecule has 0 amide bonds. The third-order valence-electron chi connectivity index (χ3n) is 2.98. The molecule has 1 unspecified atom stereocenters. The van der Waals surface area contributed by atoms with E-state index in [0.29, 0.717) is 24.8 Å². The number of carboxylic acid groups (broad SMARTS) is 1. The van der Waals surface area contributed by atoms with E-state index >= 15 is 0 Å². The van der Waals surface area contributed by atoms with Crippen molar-refractivity contribution < 1.29 is 9.90 Å². The molecule has 19 heavy (non-hydrogen) atoms. The summed E-state index contributed by atoms with van der Waals surface area (Å²) in [4.78, 5) is 19.5. The topological polar surface area (TPSA) is 75.1 Å². The molecule has 1 aromatic rings. The number of anilines is 1. The van der Waals surface area contributed by atoms with Crippen LogP contribution in [-0.4, -0.2) is 27.6 Å². The van der Waals surface area contributed by atoms with E-state index in [9.17, 15) is 4.79 Å². The summed E-state index contributed by atoms with van der Waals surface area (Å²) in [6.45, 7) is 8.56. The third-order valence-corrected chi connectivity index (χ3v) is 2.98. The van der Waals surface area contributed by atoms with Crippen molar-refractivity contribution in [2.75, 3.05) is 11.9 Å². The summed E-state index contributed by atoms with van der Waals surface area (Å²) in [5.41, 5.74) is 1.97. The molecule has 0 saturated carbocycles.